The van der Waals surface area contributed by atoms with Crippen molar-refractivity contribution < 1.29 is 31.1 Å². The Labute approximate surface area is 227 Å². The Balaban J connectivity index is 1.43. The summed E-state index contributed by atoms with van der Waals surface area (Å²) in [6, 6.07) is 16.7. The molecule has 1 fully saturated rings. The number of amides is 1. The third-order valence-corrected chi connectivity index (χ3v) is 8.53. The van der Waals surface area contributed by atoms with Gasteiger partial charge in [-0.25, -0.2) is 13.2 Å². The molecule has 4 aromatic rings. The van der Waals surface area contributed by atoms with Gasteiger partial charge in [0, 0.05) is 26.2 Å². The molecule has 0 radical (unpaired) electrons. The number of hydrogen-bond donors (Lipinski definition) is 0. The zero-order valence-electron chi connectivity index (χ0n) is 21.3. The zero-order chi connectivity index (χ0) is 28.7. The van der Waals surface area contributed by atoms with Crippen LogP contribution in [0.2, 0.25) is 0 Å². The number of carbonyl (C=O) groups excluding carboxylic acids is 1. The molecule has 210 valence electrons. The van der Waals surface area contributed by atoms with E-state index >= 15 is 0 Å². The summed E-state index contributed by atoms with van der Waals surface area (Å²) in [6.07, 6.45) is -4.77. The van der Waals surface area contributed by atoms with Gasteiger partial charge in [0.1, 0.15) is 12.3 Å². The molecule has 0 aliphatic carbocycles. The van der Waals surface area contributed by atoms with Crippen molar-refractivity contribution in [2.45, 2.75) is 17.6 Å². The van der Waals surface area contributed by atoms with E-state index in [1.807, 2.05) is 24.3 Å². The quantitative estimate of drug-likeness (QED) is 0.351. The molecule has 3 aromatic carbocycles. The first-order chi connectivity index (χ1) is 19.0. The van der Waals surface area contributed by atoms with Crippen LogP contribution < -0.4 is 15.3 Å². The number of nitrogens with zero attached hydrogens (tertiary/aromatic N) is 4. The number of imidazole rings is 1. The number of aromatic nitrogens is 2. The molecule has 5 rings (SSSR count). The average molecular weight is 575 g/mol. The van der Waals surface area contributed by atoms with Gasteiger partial charge in [0.25, 0.3) is 10.0 Å². The molecule has 0 saturated carbocycles. The number of benzene rings is 3. The van der Waals surface area contributed by atoms with E-state index in [2.05, 4.69) is 4.90 Å². The first-order valence-corrected chi connectivity index (χ1v) is 13.8. The van der Waals surface area contributed by atoms with Crippen molar-refractivity contribution in [2.24, 2.45) is 0 Å². The maximum atomic E-state index is 13.4. The highest BCUT2D eigenvalue weighted by atomic mass is 32.2. The summed E-state index contributed by atoms with van der Waals surface area (Å²) in [4.78, 5) is 29.7. The Morgan fingerprint density at radius 3 is 2.23 bits per heavy atom. The predicted molar refractivity (Wildman–Crippen MR) is 142 cm³/mol. The van der Waals surface area contributed by atoms with Crippen molar-refractivity contribution in [3.05, 3.63) is 88.8 Å². The third kappa shape index (κ3) is 4.92. The maximum absolute atomic E-state index is 13.4. The van der Waals surface area contributed by atoms with Crippen LogP contribution in [0.3, 0.4) is 0 Å². The molecule has 0 atom stereocenters. The lowest BCUT2D eigenvalue weighted by molar-refractivity contribution is -0.137. The van der Waals surface area contributed by atoms with Gasteiger partial charge in [0.2, 0.25) is 5.91 Å². The predicted octanol–water partition coefficient (Wildman–Crippen LogP) is 3.42. The van der Waals surface area contributed by atoms with Crippen molar-refractivity contribution in [3.8, 4) is 5.75 Å². The van der Waals surface area contributed by atoms with Crippen LogP contribution in [0.25, 0.3) is 11.0 Å². The smallest absolute Gasteiger partial charge is 0.416 e. The molecule has 13 heteroatoms. The van der Waals surface area contributed by atoms with Crippen LogP contribution in [-0.4, -0.2) is 61.1 Å². The van der Waals surface area contributed by atoms with Gasteiger partial charge in [-0.3, -0.25) is 9.36 Å². The van der Waals surface area contributed by atoms with Crippen molar-refractivity contribution in [2.75, 3.05) is 38.2 Å². The zero-order valence-corrected chi connectivity index (χ0v) is 22.2. The third-order valence-electron chi connectivity index (χ3n) is 6.85. The number of piperazine rings is 1. The fraction of sp³-hybridized carbons (Fsp3) is 0.259. The van der Waals surface area contributed by atoms with Crippen LogP contribution in [0.5, 0.6) is 5.75 Å². The van der Waals surface area contributed by atoms with E-state index in [-0.39, 0.29) is 16.9 Å². The molecule has 2 heterocycles. The second kappa shape index (κ2) is 10.4. The lowest BCUT2D eigenvalue weighted by atomic mass is 10.2. The molecule has 1 aromatic heterocycles. The first-order valence-electron chi connectivity index (χ1n) is 12.3. The van der Waals surface area contributed by atoms with Gasteiger partial charge in [0.05, 0.1) is 34.3 Å². The highest BCUT2D eigenvalue weighted by molar-refractivity contribution is 7.90. The summed E-state index contributed by atoms with van der Waals surface area (Å²) < 4.78 is 73.6. The lowest BCUT2D eigenvalue weighted by Gasteiger charge is -2.36. The second-order valence-electron chi connectivity index (χ2n) is 9.19. The minimum atomic E-state index is -4.77. The largest absolute Gasteiger partial charge is 0.495 e. The molecule has 1 aliphatic heterocycles. The molecule has 0 bridgehead atoms. The second-order valence-corrected chi connectivity index (χ2v) is 11.0. The lowest BCUT2D eigenvalue weighted by Crippen LogP contribution is -2.50. The van der Waals surface area contributed by atoms with Crippen LogP contribution in [-0.2, 0) is 27.5 Å². The highest BCUT2D eigenvalue weighted by Gasteiger charge is 2.33. The van der Waals surface area contributed by atoms with E-state index < -0.39 is 38.9 Å². The van der Waals surface area contributed by atoms with Crippen molar-refractivity contribution in [3.63, 3.8) is 0 Å². The maximum Gasteiger partial charge on any atom is 0.416 e. The molecule has 1 amide bonds. The van der Waals surface area contributed by atoms with Gasteiger partial charge in [-0.1, -0.05) is 30.3 Å². The van der Waals surface area contributed by atoms with Gasteiger partial charge in [-0.05, 0) is 42.5 Å². The molecular formula is C27H25F3N4O5S. The summed E-state index contributed by atoms with van der Waals surface area (Å²) in [5, 5.41) is 0. The van der Waals surface area contributed by atoms with Crippen molar-refractivity contribution >= 4 is 32.7 Å². The van der Waals surface area contributed by atoms with Crippen LogP contribution >= 0.6 is 0 Å². The van der Waals surface area contributed by atoms with Crippen LogP contribution in [0.15, 0.2) is 82.5 Å². The summed E-state index contributed by atoms with van der Waals surface area (Å²) in [6.45, 7) is 1.35. The van der Waals surface area contributed by atoms with Crippen LogP contribution in [0, 0.1) is 0 Å². The van der Waals surface area contributed by atoms with E-state index in [0.717, 1.165) is 28.5 Å². The number of para-hydroxylation sites is 4. The summed E-state index contributed by atoms with van der Waals surface area (Å²) in [5.41, 5.74) is -1.17. The van der Waals surface area contributed by atoms with E-state index in [1.165, 1.54) is 18.2 Å². The number of halogens is 3. The molecule has 0 unspecified atom stereocenters. The molecule has 9 nitrogen and oxygen atoms in total. The van der Waals surface area contributed by atoms with Crippen molar-refractivity contribution in [1.29, 1.82) is 0 Å². The van der Waals surface area contributed by atoms with E-state index in [9.17, 15) is 31.2 Å². The number of carbonyl (C=O) groups is 1. The number of ether oxygens (including phenoxy) is 1. The standard InChI is InChI=1S/C27H25F3N4O5S/c1-39-24-12-5-4-11-23(24)31-13-15-32(16-14-31)25(35)18-33-21-9-2-3-10-22(21)34(26(33)36)40(37,38)20-8-6-7-19(17-20)27(28,29)30/h2-12,17H,13-16,18H2,1H3. The molecule has 0 spiro atoms. The molecule has 1 saturated heterocycles. The SMILES string of the molecule is COc1ccccc1N1CCN(C(=O)Cn2c(=O)n(S(=O)(=O)c3cccc(C(F)(F)F)c3)c3ccccc32)CC1. The first kappa shape index (κ1) is 27.3. The Hall–Kier alpha value is -4.26. The minimum absolute atomic E-state index is 0.0429. The summed E-state index contributed by atoms with van der Waals surface area (Å²) in [5.74, 6) is 0.324. The average Bonchev–Trinajstić information content (AvgIpc) is 3.24. The number of rotatable bonds is 6. The van der Waals surface area contributed by atoms with Gasteiger partial charge in [-0.15, -0.1) is 0 Å². The molecule has 1 aliphatic rings. The number of alkyl halides is 3. The fourth-order valence-electron chi connectivity index (χ4n) is 4.83. The van der Waals surface area contributed by atoms with Crippen molar-refractivity contribution in [1.82, 2.24) is 13.4 Å². The van der Waals surface area contributed by atoms with Crippen LogP contribution in [0.4, 0.5) is 18.9 Å². The van der Waals surface area contributed by atoms with Crippen LogP contribution in [0.1, 0.15) is 5.56 Å². The summed E-state index contributed by atoms with van der Waals surface area (Å²) in [7, 11) is -3.14. The number of hydrogen-bond acceptors (Lipinski definition) is 6. The van der Waals surface area contributed by atoms with Gasteiger partial charge < -0.3 is 14.5 Å². The summed E-state index contributed by atoms with van der Waals surface area (Å²) >= 11 is 0. The number of methoxy groups -OCH3 is 1. The Morgan fingerprint density at radius 1 is 0.900 bits per heavy atom. The van der Waals surface area contributed by atoms with E-state index in [0.29, 0.717) is 42.0 Å². The normalized spacial score (nSPS) is 14.5. The molecule has 0 N–H and O–H groups in total. The fourth-order valence-corrected chi connectivity index (χ4v) is 6.28. The monoisotopic (exact) mass is 574 g/mol. The molecular weight excluding hydrogens is 549 g/mol. The Morgan fingerprint density at radius 2 is 1.55 bits per heavy atom. The van der Waals surface area contributed by atoms with Gasteiger partial charge >= 0.3 is 11.9 Å². The van der Waals surface area contributed by atoms with Gasteiger partial charge in [0.15, 0.2) is 0 Å². The number of anilines is 1. The highest BCUT2D eigenvalue weighted by Crippen LogP contribution is 2.31. The van der Waals surface area contributed by atoms with Gasteiger partial charge in [-0.2, -0.15) is 17.1 Å². The Bertz CT molecular complexity index is 1740. The Kier molecular flexibility index (Phi) is 7.08. The number of fused-ring (bicyclic) bond motifs is 1. The topological polar surface area (TPSA) is 93.8 Å². The van der Waals surface area contributed by atoms with E-state index in [1.54, 1.807) is 18.1 Å². The van der Waals surface area contributed by atoms with E-state index in [4.69, 9.17) is 4.74 Å². The molecule has 40 heavy (non-hydrogen) atoms. The minimum Gasteiger partial charge on any atom is -0.495 e.